The Bertz CT molecular complexity index is 1250. The molecule has 0 saturated carbocycles. The zero-order chi connectivity index (χ0) is 28.4. The zero-order valence-corrected chi connectivity index (χ0v) is 22.3. The van der Waals surface area contributed by atoms with Gasteiger partial charge in [-0.2, -0.15) is 0 Å². The summed E-state index contributed by atoms with van der Waals surface area (Å²) in [6, 6.07) is 4.78. The van der Waals surface area contributed by atoms with Gasteiger partial charge in [0.25, 0.3) is 5.69 Å². The number of esters is 1. The maximum Gasteiger partial charge on any atom is 0.304 e. The quantitative estimate of drug-likeness (QED) is 0.144. The molecule has 0 atom stereocenters. The molecule has 0 spiro atoms. The summed E-state index contributed by atoms with van der Waals surface area (Å²) in [6.45, 7) is 4.63. The number of nitro benzene ring substituents is 2. The number of non-ortho nitro benzene ring substituents is 1. The van der Waals surface area contributed by atoms with Gasteiger partial charge in [0, 0.05) is 32.5 Å². The van der Waals surface area contributed by atoms with Gasteiger partial charge in [-0.3, -0.25) is 29.8 Å². The first-order valence-electron chi connectivity index (χ1n) is 11.1. The third-order valence-electron chi connectivity index (χ3n) is 4.76. The van der Waals surface area contributed by atoms with E-state index in [9.17, 15) is 34.9 Å². The second-order valence-electron chi connectivity index (χ2n) is 7.51. The summed E-state index contributed by atoms with van der Waals surface area (Å²) in [5.41, 5.74) is -0.774. The summed E-state index contributed by atoms with van der Waals surface area (Å²) in [5, 5.41) is 42.8. The van der Waals surface area contributed by atoms with Gasteiger partial charge < -0.3 is 24.8 Å². The zero-order valence-electron chi connectivity index (χ0n) is 20.7. The highest BCUT2D eigenvalue weighted by Gasteiger charge is 2.24. The van der Waals surface area contributed by atoms with Crippen LogP contribution in [0.25, 0.3) is 0 Å². The van der Waals surface area contributed by atoms with Crippen molar-refractivity contribution in [1.82, 2.24) is 0 Å². The van der Waals surface area contributed by atoms with Gasteiger partial charge in [0.2, 0.25) is 5.91 Å². The van der Waals surface area contributed by atoms with Crippen LogP contribution in [0.15, 0.2) is 39.0 Å². The van der Waals surface area contributed by atoms with Crippen LogP contribution in [0.1, 0.15) is 20.8 Å². The minimum atomic E-state index is -0.828. The molecule has 0 aliphatic rings. The third kappa shape index (κ3) is 8.17. The number of hydrogen-bond acceptors (Lipinski definition) is 12. The van der Waals surface area contributed by atoms with E-state index in [1.54, 1.807) is 11.8 Å². The minimum absolute atomic E-state index is 0.0235. The third-order valence-corrected chi connectivity index (χ3v) is 5.36. The van der Waals surface area contributed by atoms with Crippen LogP contribution >= 0.6 is 15.9 Å². The van der Waals surface area contributed by atoms with Crippen molar-refractivity contribution in [2.24, 2.45) is 10.2 Å². The molecule has 0 unspecified atom stereocenters. The molecule has 0 bridgehead atoms. The van der Waals surface area contributed by atoms with Gasteiger partial charge in [0.1, 0.15) is 18.0 Å². The molecule has 0 aliphatic heterocycles. The summed E-state index contributed by atoms with van der Waals surface area (Å²) < 4.78 is 10.7. The fraction of sp³-hybridized carbons (Fsp3) is 0.364. The number of carbonyl (C=O) groups is 2. The summed E-state index contributed by atoms with van der Waals surface area (Å²) in [4.78, 5) is 45.8. The SMILES string of the molecule is CCOc1cc(N=Nc2c(Br)cc([N+](=O)[O-])cc2[N+](=O)[O-])c(NC(C)=O)cc1N(CCO)CCOC(C)=O. The fourth-order valence-electron chi connectivity index (χ4n) is 3.24. The fourth-order valence-corrected chi connectivity index (χ4v) is 3.76. The Kier molecular flexibility index (Phi) is 11.0. The first-order chi connectivity index (χ1) is 18.0. The number of ether oxygens (including phenoxy) is 2. The molecule has 0 heterocycles. The van der Waals surface area contributed by atoms with E-state index in [-0.39, 0.29) is 60.2 Å². The van der Waals surface area contributed by atoms with Crippen molar-refractivity contribution in [3.63, 3.8) is 0 Å². The van der Waals surface area contributed by atoms with Crippen molar-refractivity contribution < 1.29 is 34.0 Å². The maximum atomic E-state index is 11.9. The summed E-state index contributed by atoms with van der Waals surface area (Å²) in [6.07, 6.45) is 0. The molecule has 15 nitrogen and oxygen atoms in total. The molecule has 1 amide bonds. The molecular weight excluding hydrogens is 572 g/mol. The van der Waals surface area contributed by atoms with E-state index in [0.717, 1.165) is 12.1 Å². The average Bonchev–Trinajstić information content (AvgIpc) is 2.83. The molecule has 16 heteroatoms. The summed E-state index contributed by atoms with van der Waals surface area (Å²) in [5.74, 6) is -0.642. The molecule has 0 radical (unpaired) electrons. The molecule has 0 fully saturated rings. The number of aliphatic hydroxyl groups excluding tert-OH is 1. The number of anilines is 2. The van der Waals surface area contributed by atoms with Crippen LogP contribution in [0.5, 0.6) is 5.75 Å². The molecule has 0 saturated heterocycles. The Balaban J connectivity index is 2.65. The van der Waals surface area contributed by atoms with E-state index in [0.29, 0.717) is 5.69 Å². The predicted molar refractivity (Wildman–Crippen MR) is 139 cm³/mol. The van der Waals surface area contributed by atoms with E-state index >= 15 is 0 Å². The van der Waals surface area contributed by atoms with Gasteiger partial charge in [-0.1, -0.05) is 0 Å². The molecule has 2 aromatic rings. The van der Waals surface area contributed by atoms with E-state index in [1.807, 2.05) is 0 Å². The van der Waals surface area contributed by atoms with E-state index in [1.165, 1.54) is 26.0 Å². The second-order valence-corrected chi connectivity index (χ2v) is 8.37. The van der Waals surface area contributed by atoms with Gasteiger partial charge >= 0.3 is 11.7 Å². The number of rotatable bonds is 13. The summed E-state index contributed by atoms with van der Waals surface area (Å²) in [7, 11) is 0. The number of azo groups is 1. The Labute approximate surface area is 224 Å². The highest BCUT2D eigenvalue weighted by Crippen LogP contribution is 2.43. The lowest BCUT2D eigenvalue weighted by atomic mass is 10.2. The standard InChI is InChI=1S/C22H25BrN6O9/c1-4-37-21-12-18(25-26-22-16(23)9-15(28(33)34)10-20(22)29(35)36)17(24-13(2)31)11-19(21)27(5-7-30)6-8-38-14(3)32/h9-12,30H,4-8H2,1-3H3,(H,24,31). The van der Waals surface area contributed by atoms with Crippen LogP contribution < -0.4 is 15.0 Å². The van der Waals surface area contributed by atoms with Crippen molar-refractivity contribution in [3.8, 4) is 5.75 Å². The van der Waals surface area contributed by atoms with Gasteiger partial charge in [0.05, 0.1) is 51.5 Å². The van der Waals surface area contributed by atoms with E-state index in [2.05, 4.69) is 31.5 Å². The normalized spacial score (nSPS) is 10.8. The molecule has 2 rings (SSSR count). The number of benzene rings is 2. The van der Waals surface area contributed by atoms with Crippen molar-refractivity contribution in [2.45, 2.75) is 20.8 Å². The summed E-state index contributed by atoms with van der Waals surface area (Å²) >= 11 is 3.07. The second kappa shape index (κ2) is 13.9. The van der Waals surface area contributed by atoms with Crippen molar-refractivity contribution >= 4 is 61.9 Å². The lowest BCUT2D eigenvalue weighted by molar-refractivity contribution is -0.393. The first kappa shape index (κ1) is 30.0. The highest BCUT2D eigenvalue weighted by molar-refractivity contribution is 9.10. The van der Waals surface area contributed by atoms with Crippen LogP contribution in [0, 0.1) is 20.2 Å². The molecule has 204 valence electrons. The highest BCUT2D eigenvalue weighted by atomic mass is 79.9. The Hall–Kier alpha value is -4.18. The van der Waals surface area contributed by atoms with Crippen LogP contribution in [0.4, 0.5) is 34.1 Å². The number of nitrogens with zero attached hydrogens (tertiary/aromatic N) is 5. The van der Waals surface area contributed by atoms with Crippen molar-refractivity contribution in [1.29, 1.82) is 0 Å². The Morgan fingerprint density at radius 1 is 1.11 bits per heavy atom. The molecule has 0 aliphatic carbocycles. The van der Waals surface area contributed by atoms with Gasteiger partial charge in [-0.05, 0) is 28.9 Å². The largest absolute Gasteiger partial charge is 0.492 e. The van der Waals surface area contributed by atoms with Crippen LogP contribution in [0.3, 0.4) is 0 Å². The Morgan fingerprint density at radius 2 is 1.82 bits per heavy atom. The van der Waals surface area contributed by atoms with Gasteiger partial charge in [-0.25, -0.2) is 0 Å². The van der Waals surface area contributed by atoms with Gasteiger partial charge in [-0.15, -0.1) is 10.2 Å². The molecule has 0 aromatic heterocycles. The topological polar surface area (TPSA) is 199 Å². The van der Waals surface area contributed by atoms with E-state index in [4.69, 9.17) is 9.47 Å². The Morgan fingerprint density at radius 3 is 2.37 bits per heavy atom. The smallest absolute Gasteiger partial charge is 0.304 e. The van der Waals surface area contributed by atoms with Crippen molar-refractivity contribution in [2.75, 3.05) is 43.1 Å². The number of carbonyl (C=O) groups excluding carboxylic acids is 2. The van der Waals surface area contributed by atoms with Crippen LogP contribution in [0.2, 0.25) is 0 Å². The molecule has 38 heavy (non-hydrogen) atoms. The lowest BCUT2D eigenvalue weighted by Gasteiger charge is -2.27. The minimum Gasteiger partial charge on any atom is -0.492 e. The van der Waals surface area contributed by atoms with Crippen molar-refractivity contribution in [3.05, 3.63) is 49.0 Å². The molecule has 2 aromatic carbocycles. The number of amides is 1. The van der Waals surface area contributed by atoms with Crippen LogP contribution in [-0.4, -0.2) is 59.7 Å². The number of nitro groups is 2. The maximum absolute atomic E-state index is 11.9. The van der Waals surface area contributed by atoms with Gasteiger partial charge in [0.15, 0.2) is 5.69 Å². The molecule has 2 N–H and O–H groups in total. The lowest BCUT2D eigenvalue weighted by Crippen LogP contribution is -2.31. The number of nitrogens with one attached hydrogen (secondary N) is 1. The van der Waals surface area contributed by atoms with E-state index < -0.39 is 33.1 Å². The number of halogens is 1. The average molecular weight is 597 g/mol. The molecular formula is C22H25BrN6O9. The monoisotopic (exact) mass is 596 g/mol. The number of hydrogen-bond donors (Lipinski definition) is 2. The first-order valence-corrected chi connectivity index (χ1v) is 11.9. The number of aliphatic hydroxyl groups is 1. The van der Waals surface area contributed by atoms with Crippen LogP contribution in [-0.2, 0) is 14.3 Å². The predicted octanol–water partition coefficient (Wildman–Crippen LogP) is 4.40.